The lowest BCUT2D eigenvalue weighted by Gasteiger charge is -2.25. The van der Waals surface area contributed by atoms with Crippen molar-refractivity contribution in [2.24, 2.45) is 0 Å². The first kappa shape index (κ1) is 14.7. The number of aromatic nitrogens is 1. The third-order valence-electron chi connectivity index (χ3n) is 2.83. The number of thiazole rings is 1. The van der Waals surface area contributed by atoms with E-state index in [0.29, 0.717) is 12.3 Å². The molecule has 0 spiro atoms. The maximum atomic E-state index is 5.94. The number of rotatable bonds is 6. The normalized spacial score (nSPS) is 11.3. The van der Waals surface area contributed by atoms with Gasteiger partial charge in [-0.2, -0.15) is 0 Å². The summed E-state index contributed by atoms with van der Waals surface area (Å²) in [5.74, 6) is 0.796. The van der Waals surface area contributed by atoms with Crippen LogP contribution in [-0.2, 0) is 5.54 Å². The topological polar surface area (TPSA) is 60.2 Å². The third kappa shape index (κ3) is 3.63. The number of nitrogens with one attached hydrogen (secondary N) is 1. The van der Waals surface area contributed by atoms with Crippen LogP contribution in [0.4, 0.5) is 11.4 Å². The monoisotopic (exact) mass is 291 g/mol. The molecule has 0 atom stereocenters. The molecule has 1 heterocycles. The molecule has 20 heavy (non-hydrogen) atoms. The zero-order valence-electron chi connectivity index (χ0n) is 12.1. The number of ether oxygens (including phenoxy) is 1. The summed E-state index contributed by atoms with van der Waals surface area (Å²) in [4.78, 5) is 4.37. The van der Waals surface area contributed by atoms with Crippen LogP contribution in [0.2, 0.25) is 0 Å². The van der Waals surface area contributed by atoms with Gasteiger partial charge in [0.1, 0.15) is 10.8 Å². The second kappa shape index (κ2) is 6.13. The Balaban J connectivity index is 2.18. The molecular weight excluding hydrogens is 270 g/mol. The first-order chi connectivity index (χ1) is 9.51. The Morgan fingerprint density at radius 2 is 2.15 bits per heavy atom. The third-order valence-corrected chi connectivity index (χ3v) is 3.92. The van der Waals surface area contributed by atoms with E-state index in [2.05, 4.69) is 31.1 Å². The van der Waals surface area contributed by atoms with E-state index in [1.807, 2.05) is 29.8 Å². The van der Waals surface area contributed by atoms with E-state index in [1.54, 1.807) is 11.3 Å². The molecule has 0 saturated carbocycles. The van der Waals surface area contributed by atoms with Crippen LogP contribution in [0.3, 0.4) is 0 Å². The van der Waals surface area contributed by atoms with Gasteiger partial charge >= 0.3 is 0 Å². The van der Waals surface area contributed by atoms with Gasteiger partial charge in [-0.1, -0.05) is 6.92 Å². The molecule has 0 aliphatic carbocycles. The van der Waals surface area contributed by atoms with Crippen LogP contribution >= 0.6 is 11.3 Å². The molecule has 0 aliphatic rings. The summed E-state index contributed by atoms with van der Waals surface area (Å²) in [5, 5.41) is 6.48. The van der Waals surface area contributed by atoms with E-state index in [0.717, 1.165) is 22.9 Å². The molecule has 0 fully saturated rings. The summed E-state index contributed by atoms with van der Waals surface area (Å²) in [6.07, 6.45) is 2.79. The summed E-state index contributed by atoms with van der Waals surface area (Å²) in [6, 6.07) is 5.73. The van der Waals surface area contributed by atoms with Crippen LogP contribution in [0.15, 0.2) is 29.8 Å². The fraction of sp³-hybridized carbons (Fsp3) is 0.400. The maximum Gasteiger partial charge on any atom is 0.123 e. The average molecular weight is 291 g/mol. The van der Waals surface area contributed by atoms with Crippen molar-refractivity contribution in [2.75, 3.05) is 17.7 Å². The van der Waals surface area contributed by atoms with Crippen LogP contribution in [0.5, 0.6) is 5.75 Å². The lowest BCUT2D eigenvalue weighted by molar-refractivity contribution is 0.317. The molecule has 1 aromatic heterocycles. The highest BCUT2D eigenvalue weighted by Gasteiger charge is 2.23. The minimum atomic E-state index is -0.246. The van der Waals surface area contributed by atoms with Crippen LogP contribution in [0.25, 0.3) is 0 Å². The maximum absolute atomic E-state index is 5.94. The number of nitrogen functional groups attached to an aromatic ring is 1. The highest BCUT2D eigenvalue weighted by molar-refractivity contribution is 7.09. The Labute approximate surface area is 124 Å². The minimum Gasteiger partial charge on any atom is -0.493 e. The number of nitrogens with zero attached hydrogens (tertiary/aromatic N) is 1. The molecule has 3 N–H and O–H groups in total. The minimum absolute atomic E-state index is 0.246. The summed E-state index contributed by atoms with van der Waals surface area (Å²) in [5.41, 5.74) is 7.32. The number of hydrogen-bond donors (Lipinski definition) is 2. The molecule has 2 rings (SSSR count). The first-order valence-electron chi connectivity index (χ1n) is 6.73. The Hall–Kier alpha value is -1.75. The van der Waals surface area contributed by atoms with E-state index in [1.165, 1.54) is 0 Å². The molecule has 0 unspecified atom stereocenters. The molecular formula is C15H21N3OS. The van der Waals surface area contributed by atoms with E-state index in [4.69, 9.17) is 10.5 Å². The van der Waals surface area contributed by atoms with Gasteiger partial charge in [-0.05, 0) is 26.3 Å². The Morgan fingerprint density at radius 1 is 1.35 bits per heavy atom. The van der Waals surface area contributed by atoms with Crippen LogP contribution in [0, 0.1) is 0 Å². The molecule has 1 aromatic carbocycles. The predicted molar refractivity (Wildman–Crippen MR) is 85.4 cm³/mol. The fourth-order valence-corrected chi connectivity index (χ4v) is 2.66. The van der Waals surface area contributed by atoms with Crippen molar-refractivity contribution in [3.63, 3.8) is 0 Å². The number of hydrogen-bond acceptors (Lipinski definition) is 5. The van der Waals surface area contributed by atoms with Crippen molar-refractivity contribution in [1.29, 1.82) is 0 Å². The van der Waals surface area contributed by atoms with Gasteiger partial charge in [-0.25, -0.2) is 4.98 Å². The van der Waals surface area contributed by atoms with E-state index < -0.39 is 0 Å². The predicted octanol–water partition coefficient (Wildman–Crippen LogP) is 3.86. The fourth-order valence-electron chi connectivity index (χ4n) is 1.94. The molecule has 0 saturated heterocycles. The lowest BCUT2D eigenvalue weighted by Crippen LogP contribution is -2.27. The van der Waals surface area contributed by atoms with Crippen molar-refractivity contribution in [3.8, 4) is 5.75 Å². The zero-order valence-corrected chi connectivity index (χ0v) is 13.0. The number of benzene rings is 1. The summed E-state index contributed by atoms with van der Waals surface area (Å²) in [7, 11) is 0. The van der Waals surface area contributed by atoms with Crippen molar-refractivity contribution >= 4 is 22.7 Å². The van der Waals surface area contributed by atoms with Crippen molar-refractivity contribution in [3.05, 3.63) is 34.8 Å². The quantitative estimate of drug-likeness (QED) is 0.793. The standard InChI is InChI=1S/C15H21N3OS/c1-4-6-19-13-9-11(16)8-12(10-13)18-15(2,3)14-17-5-7-20-14/h5,7-10,18H,4,6,16H2,1-3H3. The summed E-state index contributed by atoms with van der Waals surface area (Å²) in [6.45, 7) is 6.97. The molecule has 0 aliphatic heterocycles. The molecule has 0 radical (unpaired) electrons. The highest BCUT2D eigenvalue weighted by atomic mass is 32.1. The average Bonchev–Trinajstić information content (AvgIpc) is 2.89. The Kier molecular flexibility index (Phi) is 4.49. The first-order valence-corrected chi connectivity index (χ1v) is 7.61. The lowest BCUT2D eigenvalue weighted by atomic mass is 10.1. The van der Waals surface area contributed by atoms with Crippen molar-refractivity contribution < 1.29 is 4.74 Å². The molecule has 4 nitrogen and oxygen atoms in total. The molecule has 0 bridgehead atoms. The molecule has 2 aromatic rings. The smallest absolute Gasteiger partial charge is 0.123 e. The Bertz CT molecular complexity index is 552. The second-order valence-electron chi connectivity index (χ2n) is 5.23. The second-order valence-corrected chi connectivity index (χ2v) is 6.12. The largest absolute Gasteiger partial charge is 0.493 e. The SMILES string of the molecule is CCCOc1cc(N)cc(NC(C)(C)c2nccs2)c1. The molecule has 0 amide bonds. The van der Waals surface area contributed by atoms with E-state index in [9.17, 15) is 0 Å². The van der Waals surface area contributed by atoms with Crippen LogP contribution in [0.1, 0.15) is 32.2 Å². The van der Waals surface area contributed by atoms with Crippen LogP contribution in [-0.4, -0.2) is 11.6 Å². The zero-order chi connectivity index (χ0) is 14.6. The Morgan fingerprint density at radius 3 is 2.80 bits per heavy atom. The highest BCUT2D eigenvalue weighted by Crippen LogP contribution is 2.30. The number of anilines is 2. The van der Waals surface area contributed by atoms with Crippen LogP contribution < -0.4 is 15.8 Å². The molecule has 5 heteroatoms. The van der Waals surface area contributed by atoms with Gasteiger partial charge in [0, 0.05) is 35.1 Å². The van der Waals surface area contributed by atoms with Crippen molar-refractivity contribution in [2.45, 2.75) is 32.7 Å². The van der Waals surface area contributed by atoms with Gasteiger partial charge in [0.25, 0.3) is 0 Å². The van der Waals surface area contributed by atoms with Gasteiger partial charge in [0.2, 0.25) is 0 Å². The van der Waals surface area contributed by atoms with Gasteiger partial charge in [0.05, 0.1) is 12.1 Å². The van der Waals surface area contributed by atoms with Crippen molar-refractivity contribution in [1.82, 2.24) is 4.98 Å². The van der Waals surface area contributed by atoms with E-state index >= 15 is 0 Å². The van der Waals surface area contributed by atoms with Gasteiger partial charge in [-0.15, -0.1) is 11.3 Å². The van der Waals surface area contributed by atoms with Gasteiger partial charge < -0.3 is 15.8 Å². The van der Waals surface area contributed by atoms with E-state index in [-0.39, 0.29) is 5.54 Å². The van der Waals surface area contributed by atoms with Gasteiger partial charge in [-0.3, -0.25) is 0 Å². The summed E-state index contributed by atoms with van der Waals surface area (Å²) >= 11 is 1.64. The summed E-state index contributed by atoms with van der Waals surface area (Å²) < 4.78 is 5.65. The van der Waals surface area contributed by atoms with Gasteiger partial charge in [0.15, 0.2) is 0 Å². The molecule has 108 valence electrons. The number of nitrogens with two attached hydrogens (primary N) is 1.